The van der Waals surface area contributed by atoms with Gasteiger partial charge in [-0.3, -0.25) is 9.52 Å². The smallest absolute Gasteiger partial charge is 0.416 e. The molecular formula is C22H23F5N2O4S. The van der Waals surface area contributed by atoms with Crippen LogP contribution in [0.3, 0.4) is 0 Å². The first-order valence-electron chi connectivity index (χ1n) is 10.0. The first-order chi connectivity index (χ1) is 15.7. The van der Waals surface area contributed by atoms with Crippen LogP contribution in [-0.2, 0) is 21.0 Å². The predicted octanol–water partition coefficient (Wildman–Crippen LogP) is 5.03. The van der Waals surface area contributed by atoms with Gasteiger partial charge in [-0.25, -0.2) is 17.2 Å². The number of carbonyl (C=O) groups excluding carboxylic acids is 1. The maximum Gasteiger partial charge on any atom is 0.416 e. The van der Waals surface area contributed by atoms with E-state index in [1.807, 2.05) is 0 Å². The molecule has 12 heteroatoms. The van der Waals surface area contributed by atoms with Gasteiger partial charge in [0.2, 0.25) is 15.9 Å². The number of sulfonamides is 1. The summed E-state index contributed by atoms with van der Waals surface area (Å²) >= 11 is 0. The Morgan fingerprint density at radius 3 is 2.24 bits per heavy atom. The highest BCUT2D eigenvalue weighted by molar-refractivity contribution is 7.92. The van der Waals surface area contributed by atoms with Gasteiger partial charge in [-0.15, -0.1) is 0 Å². The Kier molecular flexibility index (Phi) is 8.65. The fraction of sp³-hybridized carbons (Fsp3) is 0.318. The van der Waals surface area contributed by atoms with Crippen LogP contribution < -0.4 is 14.8 Å². The van der Waals surface area contributed by atoms with Crippen LogP contribution in [0.2, 0.25) is 0 Å². The van der Waals surface area contributed by atoms with Gasteiger partial charge in [0, 0.05) is 11.6 Å². The normalized spacial score (nSPS) is 13.1. The number of amides is 1. The van der Waals surface area contributed by atoms with Gasteiger partial charge in [-0.05, 0) is 49.2 Å². The number of benzene rings is 2. The van der Waals surface area contributed by atoms with Gasteiger partial charge in [0.25, 0.3) is 0 Å². The quantitative estimate of drug-likeness (QED) is 0.369. The van der Waals surface area contributed by atoms with Gasteiger partial charge >= 0.3 is 6.18 Å². The van der Waals surface area contributed by atoms with Crippen molar-refractivity contribution in [2.75, 3.05) is 17.6 Å². The lowest BCUT2D eigenvalue weighted by molar-refractivity contribution is -0.137. The average molecular weight is 506 g/mol. The minimum atomic E-state index is -4.56. The summed E-state index contributed by atoms with van der Waals surface area (Å²) in [6.45, 7) is 3.35. The van der Waals surface area contributed by atoms with Crippen LogP contribution in [-0.4, -0.2) is 27.2 Å². The molecule has 2 aromatic carbocycles. The van der Waals surface area contributed by atoms with Gasteiger partial charge in [-0.1, -0.05) is 13.0 Å². The molecule has 0 heterocycles. The Labute approximate surface area is 193 Å². The molecule has 0 spiro atoms. The van der Waals surface area contributed by atoms with E-state index in [1.165, 1.54) is 6.08 Å². The topological polar surface area (TPSA) is 84.5 Å². The number of anilines is 1. The number of nitrogens with one attached hydrogen (secondary N) is 2. The molecule has 1 unspecified atom stereocenters. The summed E-state index contributed by atoms with van der Waals surface area (Å²) in [6, 6.07) is 3.82. The largest absolute Gasteiger partial charge is 0.493 e. The van der Waals surface area contributed by atoms with E-state index < -0.39 is 51.0 Å². The molecule has 0 aliphatic rings. The third kappa shape index (κ3) is 7.44. The molecule has 34 heavy (non-hydrogen) atoms. The number of ether oxygens (including phenoxy) is 1. The van der Waals surface area contributed by atoms with Crippen molar-refractivity contribution in [1.29, 1.82) is 0 Å². The predicted molar refractivity (Wildman–Crippen MR) is 118 cm³/mol. The molecule has 0 saturated heterocycles. The molecule has 1 atom stereocenters. The molecule has 2 rings (SSSR count). The van der Waals surface area contributed by atoms with Crippen molar-refractivity contribution in [3.8, 4) is 5.75 Å². The van der Waals surface area contributed by atoms with E-state index in [1.54, 1.807) is 18.6 Å². The first kappa shape index (κ1) is 27.1. The molecule has 0 radical (unpaired) electrons. The zero-order valence-corrected chi connectivity index (χ0v) is 19.3. The molecule has 2 aromatic rings. The zero-order valence-electron chi connectivity index (χ0n) is 18.5. The van der Waals surface area contributed by atoms with Crippen molar-refractivity contribution < 1.29 is 39.9 Å². The highest BCUT2D eigenvalue weighted by Crippen LogP contribution is 2.33. The number of carbonyl (C=O) groups is 1. The monoisotopic (exact) mass is 506 g/mol. The van der Waals surface area contributed by atoms with Gasteiger partial charge in [0.05, 0.1) is 24.5 Å². The fourth-order valence-electron chi connectivity index (χ4n) is 3.01. The van der Waals surface area contributed by atoms with Crippen molar-refractivity contribution in [2.45, 2.75) is 32.5 Å². The van der Waals surface area contributed by atoms with E-state index in [-0.39, 0.29) is 29.9 Å². The summed E-state index contributed by atoms with van der Waals surface area (Å²) in [5.74, 6) is -3.05. The lowest BCUT2D eigenvalue weighted by Gasteiger charge is -2.18. The molecule has 0 aliphatic carbocycles. The third-order valence-corrected chi connectivity index (χ3v) is 5.11. The van der Waals surface area contributed by atoms with Gasteiger partial charge in [0.15, 0.2) is 11.6 Å². The van der Waals surface area contributed by atoms with Crippen molar-refractivity contribution in [3.63, 3.8) is 0 Å². The number of hydrogen-bond donors (Lipinski definition) is 2. The highest BCUT2D eigenvalue weighted by Gasteiger charge is 2.31. The van der Waals surface area contributed by atoms with Crippen LogP contribution in [0.5, 0.6) is 5.75 Å². The maximum absolute atomic E-state index is 14.3. The molecule has 0 bridgehead atoms. The van der Waals surface area contributed by atoms with Crippen LogP contribution in [0.15, 0.2) is 36.4 Å². The van der Waals surface area contributed by atoms with Crippen LogP contribution in [0.1, 0.15) is 43.0 Å². The SMILES string of the molecule is CCOc1cc(C(F)(F)F)ccc1C=CC(=O)NC(CC)c1cc(F)c(NS(C)(=O)=O)c(F)c1. The number of halogens is 5. The summed E-state index contributed by atoms with van der Waals surface area (Å²) in [4.78, 5) is 12.4. The number of alkyl halides is 3. The number of rotatable bonds is 9. The summed E-state index contributed by atoms with van der Waals surface area (Å²) in [7, 11) is -3.91. The van der Waals surface area contributed by atoms with E-state index in [2.05, 4.69) is 5.32 Å². The van der Waals surface area contributed by atoms with Gasteiger partial charge in [0.1, 0.15) is 11.4 Å². The fourth-order valence-corrected chi connectivity index (χ4v) is 3.58. The van der Waals surface area contributed by atoms with Crippen molar-refractivity contribution in [1.82, 2.24) is 5.32 Å². The van der Waals surface area contributed by atoms with Gasteiger partial charge < -0.3 is 10.1 Å². The van der Waals surface area contributed by atoms with Crippen LogP contribution in [0.4, 0.5) is 27.6 Å². The molecular weight excluding hydrogens is 483 g/mol. The summed E-state index contributed by atoms with van der Waals surface area (Å²) in [6.07, 6.45) is -1.26. The van der Waals surface area contributed by atoms with Crippen LogP contribution >= 0.6 is 0 Å². The Bertz CT molecular complexity index is 1160. The molecule has 6 nitrogen and oxygen atoms in total. The second kappa shape index (κ2) is 10.9. The maximum atomic E-state index is 14.3. The van der Waals surface area contributed by atoms with Crippen molar-refractivity contribution >= 4 is 27.7 Å². The van der Waals surface area contributed by atoms with E-state index in [0.717, 1.165) is 42.7 Å². The van der Waals surface area contributed by atoms with Crippen LogP contribution in [0.25, 0.3) is 6.08 Å². The van der Waals surface area contributed by atoms with Crippen molar-refractivity contribution in [2.24, 2.45) is 0 Å². The minimum absolute atomic E-state index is 0.0582. The second-order valence-electron chi connectivity index (χ2n) is 7.22. The average Bonchev–Trinajstić information content (AvgIpc) is 2.72. The second-order valence-corrected chi connectivity index (χ2v) is 8.97. The third-order valence-electron chi connectivity index (χ3n) is 4.53. The summed E-state index contributed by atoms with van der Waals surface area (Å²) in [5.41, 5.74) is -1.45. The Morgan fingerprint density at radius 2 is 1.74 bits per heavy atom. The Hall–Kier alpha value is -3.15. The van der Waals surface area contributed by atoms with Crippen molar-refractivity contribution in [3.05, 3.63) is 64.7 Å². The molecule has 0 saturated carbocycles. The van der Waals surface area contributed by atoms with E-state index in [0.29, 0.717) is 0 Å². The summed E-state index contributed by atoms with van der Waals surface area (Å²) in [5, 5.41) is 2.54. The van der Waals surface area contributed by atoms with E-state index in [4.69, 9.17) is 4.74 Å². The molecule has 2 N–H and O–H groups in total. The Balaban J connectivity index is 2.23. The Morgan fingerprint density at radius 1 is 1.12 bits per heavy atom. The van der Waals surface area contributed by atoms with Crippen LogP contribution in [0, 0.1) is 11.6 Å². The van der Waals surface area contributed by atoms with Gasteiger partial charge in [-0.2, -0.15) is 13.2 Å². The molecule has 1 amide bonds. The molecule has 0 aromatic heterocycles. The minimum Gasteiger partial charge on any atom is -0.493 e. The van der Waals surface area contributed by atoms with E-state index in [9.17, 15) is 35.2 Å². The first-order valence-corrected chi connectivity index (χ1v) is 11.9. The molecule has 0 aliphatic heterocycles. The lowest BCUT2D eigenvalue weighted by Crippen LogP contribution is -2.26. The lowest BCUT2D eigenvalue weighted by atomic mass is 10.0. The van der Waals surface area contributed by atoms with E-state index >= 15 is 0 Å². The zero-order chi connectivity index (χ0) is 25.7. The highest BCUT2D eigenvalue weighted by atomic mass is 32.2. The summed E-state index contributed by atoms with van der Waals surface area (Å²) < 4.78 is 96.9. The molecule has 0 fully saturated rings. The number of hydrogen-bond acceptors (Lipinski definition) is 4. The standard InChI is InChI=1S/C22H23F5N2O4S/c1-4-18(14-10-16(23)21(17(24)11-14)29-34(3,31)32)28-20(30)9-7-13-6-8-15(22(25,26)27)12-19(13)33-5-2/h6-12,18,29H,4-5H2,1-3H3,(H,28,30). The molecule has 186 valence electrons.